The second kappa shape index (κ2) is 17.7. The van der Waals surface area contributed by atoms with Gasteiger partial charge in [-0.3, -0.25) is 0 Å². The van der Waals surface area contributed by atoms with Crippen molar-refractivity contribution in [3.63, 3.8) is 0 Å². The lowest BCUT2D eigenvalue weighted by Crippen LogP contribution is -2.37. The highest BCUT2D eigenvalue weighted by Crippen LogP contribution is 2.61. The van der Waals surface area contributed by atoms with Crippen LogP contribution < -0.4 is 24.2 Å². The van der Waals surface area contributed by atoms with Crippen molar-refractivity contribution in [1.29, 1.82) is 0 Å². The first-order chi connectivity index (χ1) is 31.5. The van der Waals surface area contributed by atoms with Crippen LogP contribution in [0, 0.1) is 0 Å². The maximum absolute atomic E-state index is 7.95. The van der Waals surface area contributed by atoms with Crippen LogP contribution in [0.5, 0.6) is 11.5 Å². The summed E-state index contributed by atoms with van der Waals surface area (Å²) in [7, 11) is 1.80. The molecule has 0 spiro atoms. The Morgan fingerprint density at radius 3 is 1.92 bits per heavy atom. The highest BCUT2D eigenvalue weighted by atomic mass is 16.5. The predicted octanol–water partition coefficient (Wildman–Crippen LogP) is 12.3. The number of methoxy groups -OCH3 is 1. The van der Waals surface area contributed by atoms with Crippen LogP contribution in [0.15, 0.2) is 115 Å². The quantitative estimate of drug-likeness (QED) is 0.115. The van der Waals surface area contributed by atoms with Crippen LogP contribution in [-0.2, 0) is 20.5 Å². The van der Waals surface area contributed by atoms with Crippen molar-refractivity contribution in [2.24, 2.45) is 0 Å². The first kappa shape index (κ1) is 42.2. The van der Waals surface area contributed by atoms with Gasteiger partial charge in [0.1, 0.15) is 11.5 Å². The van der Waals surface area contributed by atoms with Crippen molar-refractivity contribution >= 4 is 33.9 Å². The molecule has 6 aromatic rings. The van der Waals surface area contributed by atoms with Crippen molar-refractivity contribution in [2.45, 2.75) is 64.4 Å². The summed E-state index contributed by atoms with van der Waals surface area (Å²) in [6.45, 7) is 17.6. The third-order valence-electron chi connectivity index (χ3n) is 14.6. The maximum Gasteiger partial charge on any atom is 0.178 e. The molecule has 3 aliphatic heterocycles. The van der Waals surface area contributed by atoms with Gasteiger partial charge in [0.05, 0.1) is 39.2 Å². The molecule has 4 aliphatic rings. The summed E-state index contributed by atoms with van der Waals surface area (Å²) in [5.74, 6) is 1.76. The number of rotatable bonds is 13. The van der Waals surface area contributed by atoms with Crippen LogP contribution in [0.1, 0.15) is 81.2 Å². The number of morpholine rings is 2. The summed E-state index contributed by atoms with van der Waals surface area (Å²) in [6.07, 6.45) is 8.89. The molecule has 2 saturated heterocycles. The number of hydrogen-bond donors (Lipinski definition) is 0. The number of fused-ring (bicyclic) bond motifs is 8. The van der Waals surface area contributed by atoms with Gasteiger partial charge in [-0.1, -0.05) is 101 Å². The largest absolute Gasteiger partial charge is 0.495 e. The van der Waals surface area contributed by atoms with Gasteiger partial charge in [0.15, 0.2) is 5.60 Å². The molecule has 1 atom stereocenters. The molecule has 3 heterocycles. The van der Waals surface area contributed by atoms with Gasteiger partial charge < -0.3 is 33.6 Å². The van der Waals surface area contributed by atoms with E-state index in [0.717, 1.165) is 112 Å². The molecule has 1 unspecified atom stereocenters. The van der Waals surface area contributed by atoms with Crippen LogP contribution >= 0.6 is 0 Å². The van der Waals surface area contributed by atoms with Crippen LogP contribution in [0.25, 0.3) is 39.1 Å². The van der Waals surface area contributed by atoms with Gasteiger partial charge in [-0.05, 0) is 113 Å². The molecule has 0 N–H and O–H groups in total. The molecule has 0 amide bonds. The number of nitrogens with zero attached hydrogens (tertiary/aromatic N) is 3. The zero-order valence-corrected chi connectivity index (χ0v) is 38.4. The lowest BCUT2D eigenvalue weighted by atomic mass is 9.70. The van der Waals surface area contributed by atoms with E-state index in [2.05, 4.69) is 164 Å². The molecular formula is C57H63N3O4. The van der Waals surface area contributed by atoms with E-state index in [1.165, 1.54) is 55.7 Å². The molecule has 0 radical (unpaired) electrons. The van der Waals surface area contributed by atoms with Gasteiger partial charge in [0.25, 0.3) is 0 Å². The topological polar surface area (TPSA) is 46.6 Å². The fourth-order valence-electron chi connectivity index (χ4n) is 11.3. The smallest absolute Gasteiger partial charge is 0.178 e. The third kappa shape index (κ3) is 7.03. The minimum atomic E-state index is -0.903. The fraction of sp³-hybridized carbons (Fsp3) is 0.368. The van der Waals surface area contributed by atoms with Gasteiger partial charge in [-0.15, -0.1) is 0 Å². The van der Waals surface area contributed by atoms with E-state index < -0.39 is 5.60 Å². The van der Waals surface area contributed by atoms with E-state index in [1.54, 1.807) is 7.11 Å². The van der Waals surface area contributed by atoms with Crippen molar-refractivity contribution in [1.82, 2.24) is 0 Å². The van der Waals surface area contributed by atoms with Gasteiger partial charge in [-0.25, -0.2) is 0 Å². The lowest BCUT2D eigenvalue weighted by molar-refractivity contribution is 0.122. The van der Waals surface area contributed by atoms with Crippen molar-refractivity contribution in [3.05, 3.63) is 143 Å². The standard InChI is InChI=1S/C57H63N3O4/c1-6-27-58(28-7-2)44-20-16-42(17-21-44)57(43-18-22-45(23-19-43)59-29-33-62-34-30-59)26-25-47-54-53(46-24-15-41(40-13-11-10-12-14-40)37-50(46)56(54,8-3)9-4)48-38-51(60-31-35-63-36-32-60)52(61-5)39-49(48)55(47)64-57/h10-26,37-39H,6-9,27-36H2,1-5H3. The van der Waals surface area contributed by atoms with Crippen LogP contribution in [0.3, 0.4) is 0 Å². The van der Waals surface area contributed by atoms with Crippen LogP contribution in [-0.4, -0.2) is 72.8 Å². The van der Waals surface area contributed by atoms with E-state index >= 15 is 0 Å². The summed E-state index contributed by atoms with van der Waals surface area (Å²) in [6, 6.07) is 41.0. The molecule has 330 valence electrons. The minimum Gasteiger partial charge on any atom is -0.495 e. The van der Waals surface area contributed by atoms with Gasteiger partial charge in [0.2, 0.25) is 0 Å². The van der Waals surface area contributed by atoms with Gasteiger partial charge in [0, 0.05) is 78.1 Å². The van der Waals surface area contributed by atoms with E-state index in [4.69, 9.17) is 18.9 Å². The summed E-state index contributed by atoms with van der Waals surface area (Å²) in [5, 5.41) is 2.27. The average Bonchev–Trinajstić information content (AvgIpc) is 3.66. The Kier molecular flexibility index (Phi) is 11.6. The predicted molar refractivity (Wildman–Crippen MR) is 265 cm³/mol. The fourth-order valence-corrected chi connectivity index (χ4v) is 11.3. The second-order valence-electron chi connectivity index (χ2n) is 17.9. The Hall–Kier alpha value is -5.76. The Labute approximate surface area is 380 Å². The molecular weight excluding hydrogens is 791 g/mol. The van der Waals surface area contributed by atoms with Gasteiger partial charge >= 0.3 is 0 Å². The summed E-state index contributed by atoms with van der Waals surface area (Å²) in [4.78, 5) is 7.35. The van der Waals surface area contributed by atoms with Crippen molar-refractivity contribution in [3.8, 4) is 33.8 Å². The Bertz CT molecular complexity index is 2640. The first-order valence-electron chi connectivity index (χ1n) is 23.9. The average molecular weight is 854 g/mol. The Morgan fingerprint density at radius 1 is 0.656 bits per heavy atom. The van der Waals surface area contributed by atoms with Crippen molar-refractivity contribution < 1.29 is 18.9 Å². The summed E-state index contributed by atoms with van der Waals surface area (Å²) in [5.41, 5.74) is 13.7. The van der Waals surface area contributed by atoms with Crippen molar-refractivity contribution in [2.75, 3.05) is 87.5 Å². The highest BCUT2D eigenvalue weighted by molar-refractivity contribution is 6.10. The monoisotopic (exact) mass is 853 g/mol. The summed E-state index contributed by atoms with van der Waals surface area (Å²) >= 11 is 0. The number of benzene rings is 6. The first-order valence-corrected chi connectivity index (χ1v) is 23.9. The van der Waals surface area contributed by atoms with E-state index in [0.29, 0.717) is 13.2 Å². The molecule has 0 bridgehead atoms. The molecule has 0 saturated carbocycles. The maximum atomic E-state index is 7.95. The van der Waals surface area contributed by atoms with Crippen LogP contribution in [0.2, 0.25) is 0 Å². The zero-order valence-electron chi connectivity index (χ0n) is 38.4. The Morgan fingerprint density at radius 2 is 1.30 bits per heavy atom. The molecule has 7 nitrogen and oxygen atoms in total. The zero-order chi connectivity index (χ0) is 43.8. The molecule has 7 heteroatoms. The molecule has 6 aromatic carbocycles. The van der Waals surface area contributed by atoms with Gasteiger partial charge in [-0.2, -0.15) is 0 Å². The van der Waals surface area contributed by atoms with E-state index in [9.17, 15) is 0 Å². The number of hydrogen-bond acceptors (Lipinski definition) is 7. The SMILES string of the molecule is CCCN(CCC)c1ccc(C2(c3ccc(N4CCOCC4)cc3)C=Cc3c4c(c5cc(N6CCOCC6)c(OC)cc5c3O2)-c2ccc(-c3ccccc3)cc2C4(CC)CC)cc1. The second-order valence-corrected chi connectivity index (χ2v) is 17.9. The lowest BCUT2D eigenvalue weighted by Gasteiger charge is -2.40. The highest BCUT2D eigenvalue weighted by Gasteiger charge is 2.47. The number of anilines is 3. The Balaban J connectivity index is 1.22. The summed E-state index contributed by atoms with van der Waals surface area (Å²) < 4.78 is 25.8. The minimum absolute atomic E-state index is 0.232. The van der Waals surface area contributed by atoms with E-state index in [-0.39, 0.29) is 5.41 Å². The molecule has 2 fully saturated rings. The third-order valence-corrected chi connectivity index (χ3v) is 14.6. The van der Waals surface area contributed by atoms with E-state index in [1.807, 2.05) is 0 Å². The molecule has 1 aliphatic carbocycles. The molecule has 10 rings (SSSR count). The molecule has 64 heavy (non-hydrogen) atoms. The normalized spacial score (nSPS) is 18.6. The number of ether oxygens (including phenoxy) is 4. The molecule has 0 aromatic heterocycles. The van der Waals surface area contributed by atoms with Crippen LogP contribution in [0.4, 0.5) is 17.1 Å².